The van der Waals surface area contributed by atoms with E-state index < -0.39 is 0 Å². The Morgan fingerprint density at radius 2 is 2.04 bits per heavy atom. The number of rotatable bonds is 6. The highest BCUT2D eigenvalue weighted by molar-refractivity contribution is 5.88. The van der Waals surface area contributed by atoms with E-state index in [1.807, 2.05) is 0 Å². The Bertz CT molecular complexity index is 642. The minimum absolute atomic E-state index is 0.0254. The zero-order valence-corrected chi connectivity index (χ0v) is 15.3. The average molecular weight is 343 g/mol. The molecule has 1 saturated heterocycles. The van der Waals surface area contributed by atoms with Crippen LogP contribution in [0.25, 0.3) is 0 Å². The molecule has 1 atom stereocenters. The summed E-state index contributed by atoms with van der Waals surface area (Å²) >= 11 is 0. The Kier molecular flexibility index (Phi) is 5.74. The average Bonchev–Trinajstić information content (AvgIpc) is 3.06. The van der Waals surface area contributed by atoms with Gasteiger partial charge in [-0.2, -0.15) is 0 Å². The molecule has 0 radical (unpaired) electrons. The third-order valence-electron chi connectivity index (χ3n) is 5.10. The first kappa shape index (κ1) is 17.9. The minimum atomic E-state index is -0.344. The van der Waals surface area contributed by atoms with Gasteiger partial charge in [0.2, 0.25) is 11.8 Å². The van der Waals surface area contributed by atoms with Gasteiger partial charge in [-0.05, 0) is 41.9 Å². The summed E-state index contributed by atoms with van der Waals surface area (Å²) in [4.78, 5) is 26.9. The molecule has 0 aliphatic carbocycles. The Balaban J connectivity index is 1.64. The maximum Gasteiger partial charge on any atom is 0.243 e. The number of nitrogens with zero attached hydrogens (tertiary/aromatic N) is 1. The van der Waals surface area contributed by atoms with E-state index in [0.29, 0.717) is 31.8 Å². The summed E-state index contributed by atoms with van der Waals surface area (Å²) in [6.45, 7) is 7.24. The summed E-state index contributed by atoms with van der Waals surface area (Å²) in [5.41, 5.74) is 3.77. The molecule has 0 bridgehead atoms. The second kappa shape index (κ2) is 8.00. The molecule has 2 heterocycles. The number of amides is 2. The number of nitrogens with one attached hydrogen (secondary N) is 2. The van der Waals surface area contributed by atoms with Crippen LogP contribution in [0.3, 0.4) is 0 Å². The van der Waals surface area contributed by atoms with Crippen LogP contribution in [0.1, 0.15) is 56.2 Å². The van der Waals surface area contributed by atoms with Crippen molar-refractivity contribution in [2.24, 2.45) is 5.92 Å². The van der Waals surface area contributed by atoms with E-state index in [-0.39, 0.29) is 17.9 Å². The van der Waals surface area contributed by atoms with E-state index in [0.717, 1.165) is 31.5 Å². The van der Waals surface area contributed by atoms with Crippen LogP contribution < -0.4 is 10.6 Å². The van der Waals surface area contributed by atoms with Gasteiger partial charge in [0, 0.05) is 32.6 Å². The topological polar surface area (TPSA) is 61.4 Å². The van der Waals surface area contributed by atoms with Crippen LogP contribution in [0.5, 0.6) is 0 Å². The van der Waals surface area contributed by atoms with Crippen LogP contribution in [0.15, 0.2) is 18.2 Å². The number of benzene rings is 1. The van der Waals surface area contributed by atoms with Crippen LogP contribution in [0.2, 0.25) is 0 Å². The van der Waals surface area contributed by atoms with Gasteiger partial charge in [0.25, 0.3) is 0 Å². The van der Waals surface area contributed by atoms with Gasteiger partial charge in [0.05, 0.1) is 0 Å². The Labute approximate surface area is 150 Å². The first-order valence-corrected chi connectivity index (χ1v) is 9.43. The molecule has 2 aliphatic rings. The zero-order chi connectivity index (χ0) is 17.8. The third-order valence-corrected chi connectivity index (χ3v) is 5.10. The lowest BCUT2D eigenvalue weighted by molar-refractivity contribution is -0.143. The molecule has 0 spiro atoms. The molecule has 1 aromatic carbocycles. The molecule has 1 fully saturated rings. The van der Waals surface area contributed by atoms with Crippen LogP contribution in [0.4, 0.5) is 0 Å². The van der Waals surface area contributed by atoms with Crippen molar-refractivity contribution in [2.45, 2.75) is 65.2 Å². The Morgan fingerprint density at radius 1 is 1.24 bits per heavy atom. The summed E-state index contributed by atoms with van der Waals surface area (Å²) < 4.78 is 0. The lowest BCUT2D eigenvalue weighted by Crippen LogP contribution is -2.51. The molecular formula is C20H29N3O2. The second-order valence-corrected chi connectivity index (χ2v) is 7.61. The fourth-order valence-electron chi connectivity index (χ4n) is 3.74. The summed E-state index contributed by atoms with van der Waals surface area (Å²) in [5, 5.41) is 6.40. The molecule has 2 aliphatic heterocycles. The molecule has 2 amide bonds. The van der Waals surface area contributed by atoms with Crippen molar-refractivity contribution in [3.05, 3.63) is 34.9 Å². The van der Waals surface area contributed by atoms with Crippen molar-refractivity contribution in [2.75, 3.05) is 6.54 Å². The SMILES string of the molecule is CC(C)CC(C(=O)NCc1ccc2c(c1)CNC2)N1CCCCC1=O. The highest BCUT2D eigenvalue weighted by Gasteiger charge is 2.31. The first-order valence-electron chi connectivity index (χ1n) is 9.43. The molecule has 3 rings (SSSR count). The zero-order valence-electron chi connectivity index (χ0n) is 15.3. The normalized spacial score (nSPS) is 18.4. The molecule has 2 N–H and O–H groups in total. The van der Waals surface area contributed by atoms with E-state index in [4.69, 9.17) is 0 Å². The smallest absolute Gasteiger partial charge is 0.243 e. The number of likely N-dealkylation sites (tertiary alicyclic amines) is 1. The monoisotopic (exact) mass is 343 g/mol. The van der Waals surface area contributed by atoms with E-state index in [9.17, 15) is 9.59 Å². The molecule has 5 heteroatoms. The molecule has 0 saturated carbocycles. The number of piperidine rings is 1. The molecule has 25 heavy (non-hydrogen) atoms. The lowest BCUT2D eigenvalue weighted by atomic mass is 9.98. The summed E-state index contributed by atoms with van der Waals surface area (Å²) in [6, 6.07) is 6.04. The molecule has 1 aromatic rings. The fraction of sp³-hybridized carbons (Fsp3) is 0.600. The van der Waals surface area contributed by atoms with Gasteiger partial charge < -0.3 is 15.5 Å². The van der Waals surface area contributed by atoms with Crippen molar-refractivity contribution in [3.8, 4) is 0 Å². The number of fused-ring (bicyclic) bond motifs is 1. The summed E-state index contributed by atoms with van der Waals surface area (Å²) in [5.74, 6) is 0.467. The van der Waals surface area contributed by atoms with Gasteiger partial charge >= 0.3 is 0 Å². The predicted octanol–water partition coefficient (Wildman–Crippen LogP) is 2.33. The molecule has 1 unspecified atom stereocenters. The van der Waals surface area contributed by atoms with Crippen LogP contribution in [-0.2, 0) is 29.2 Å². The number of hydrogen-bond acceptors (Lipinski definition) is 3. The van der Waals surface area contributed by atoms with Gasteiger partial charge in [-0.1, -0.05) is 32.0 Å². The number of carbonyl (C=O) groups is 2. The van der Waals surface area contributed by atoms with Crippen molar-refractivity contribution in [1.82, 2.24) is 15.5 Å². The lowest BCUT2D eigenvalue weighted by Gasteiger charge is -2.34. The van der Waals surface area contributed by atoms with Gasteiger partial charge in [0.1, 0.15) is 6.04 Å². The summed E-state index contributed by atoms with van der Waals surface area (Å²) in [6.07, 6.45) is 3.21. The Morgan fingerprint density at radius 3 is 2.80 bits per heavy atom. The maximum atomic E-state index is 12.8. The van der Waals surface area contributed by atoms with E-state index in [2.05, 4.69) is 42.7 Å². The third kappa shape index (κ3) is 4.40. The Hall–Kier alpha value is -1.88. The minimum Gasteiger partial charge on any atom is -0.350 e. The highest BCUT2D eigenvalue weighted by Crippen LogP contribution is 2.20. The number of hydrogen-bond donors (Lipinski definition) is 2. The van der Waals surface area contributed by atoms with Crippen molar-refractivity contribution in [3.63, 3.8) is 0 Å². The largest absolute Gasteiger partial charge is 0.350 e. The number of carbonyl (C=O) groups excluding carboxylic acids is 2. The van der Waals surface area contributed by atoms with Gasteiger partial charge in [0.15, 0.2) is 0 Å². The van der Waals surface area contributed by atoms with Crippen LogP contribution >= 0.6 is 0 Å². The molecule has 5 nitrogen and oxygen atoms in total. The fourth-order valence-corrected chi connectivity index (χ4v) is 3.74. The first-order chi connectivity index (χ1) is 12.0. The van der Waals surface area contributed by atoms with Gasteiger partial charge in [-0.15, -0.1) is 0 Å². The van der Waals surface area contributed by atoms with E-state index in [1.54, 1.807) is 4.90 Å². The van der Waals surface area contributed by atoms with Crippen LogP contribution in [-0.4, -0.2) is 29.3 Å². The van der Waals surface area contributed by atoms with Gasteiger partial charge in [-0.25, -0.2) is 0 Å². The van der Waals surface area contributed by atoms with Crippen molar-refractivity contribution < 1.29 is 9.59 Å². The predicted molar refractivity (Wildman–Crippen MR) is 97.6 cm³/mol. The van der Waals surface area contributed by atoms with Crippen LogP contribution in [0, 0.1) is 5.92 Å². The quantitative estimate of drug-likeness (QED) is 0.833. The van der Waals surface area contributed by atoms with E-state index >= 15 is 0 Å². The van der Waals surface area contributed by atoms with Gasteiger partial charge in [-0.3, -0.25) is 9.59 Å². The highest BCUT2D eigenvalue weighted by atomic mass is 16.2. The summed E-state index contributed by atoms with van der Waals surface area (Å²) in [7, 11) is 0. The molecule has 0 aromatic heterocycles. The molecule has 136 valence electrons. The van der Waals surface area contributed by atoms with Crippen molar-refractivity contribution in [1.29, 1.82) is 0 Å². The van der Waals surface area contributed by atoms with Crippen molar-refractivity contribution >= 4 is 11.8 Å². The molecular weight excluding hydrogens is 314 g/mol. The second-order valence-electron chi connectivity index (χ2n) is 7.61. The standard InChI is InChI=1S/C20H29N3O2/c1-14(2)9-18(23-8-4-3-5-19(23)24)20(25)22-11-15-6-7-16-12-21-13-17(16)10-15/h6-7,10,14,18,21H,3-5,8-9,11-13H2,1-2H3,(H,22,25). The van der Waals surface area contributed by atoms with E-state index in [1.165, 1.54) is 11.1 Å². The maximum absolute atomic E-state index is 12.8.